The topological polar surface area (TPSA) is 58.6 Å². The Morgan fingerprint density at radius 3 is 2.52 bits per heavy atom. The molecule has 0 bridgehead atoms. The predicted octanol–water partition coefficient (Wildman–Crippen LogP) is 5.24. The van der Waals surface area contributed by atoms with E-state index in [2.05, 4.69) is 5.32 Å². The van der Waals surface area contributed by atoms with E-state index in [1.54, 1.807) is 24.3 Å². The zero-order valence-corrected chi connectivity index (χ0v) is 19.2. The molecule has 1 unspecified atom stereocenters. The molecule has 0 aliphatic carbocycles. The fourth-order valence-electron chi connectivity index (χ4n) is 3.04. The molecule has 1 atom stereocenters. The van der Waals surface area contributed by atoms with Crippen molar-refractivity contribution in [3.8, 4) is 5.75 Å². The number of nitrogens with one attached hydrogen (secondary N) is 1. The highest BCUT2D eigenvalue weighted by molar-refractivity contribution is 6.42. The van der Waals surface area contributed by atoms with Gasteiger partial charge < -0.3 is 15.0 Å². The summed E-state index contributed by atoms with van der Waals surface area (Å²) in [6, 6.07) is 10.2. The van der Waals surface area contributed by atoms with Crippen molar-refractivity contribution in [3.05, 3.63) is 63.9 Å². The predicted molar refractivity (Wildman–Crippen MR) is 121 cm³/mol. The van der Waals surface area contributed by atoms with Crippen molar-refractivity contribution < 1.29 is 18.7 Å². The van der Waals surface area contributed by atoms with Gasteiger partial charge >= 0.3 is 0 Å². The second-order valence-electron chi connectivity index (χ2n) is 7.06. The van der Waals surface area contributed by atoms with Crippen LogP contribution in [0.2, 0.25) is 10.0 Å². The molecule has 0 heterocycles. The van der Waals surface area contributed by atoms with Gasteiger partial charge in [-0.05, 0) is 42.7 Å². The van der Waals surface area contributed by atoms with E-state index < -0.39 is 24.4 Å². The molecule has 0 saturated carbocycles. The van der Waals surface area contributed by atoms with E-state index >= 15 is 0 Å². The summed E-state index contributed by atoms with van der Waals surface area (Å²) >= 11 is 12.1. The average molecular weight is 469 g/mol. The van der Waals surface area contributed by atoms with Gasteiger partial charge in [-0.3, -0.25) is 9.59 Å². The minimum absolute atomic E-state index is 0.0224. The number of amides is 2. The van der Waals surface area contributed by atoms with Crippen LogP contribution >= 0.6 is 23.2 Å². The molecule has 2 aromatic rings. The van der Waals surface area contributed by atoms with Crippen LogP contribution in [0.3, 0.4) is 0 Å². The molecule has 31 heavy (non-hydrogen) atoms. The lowest BCUT2D eigenvalue weighted by Gasteiger charge is -2.30. The molecular formula is C23H27Cl2FN2O3. The van der Waals surface area contributed by atoms with Crippen LogP contribution in [0.4, 0.5) is 4.39 Å². The van der Waals surface area contributed by atoms with E-state index in [1.165, 1.54) is 23.1 Å². The van der Waals surface area contributed by atoms with Gasteiger partial charge in [0.2, 0.25) is 5.91 Å². The van der Waals surface area contributed by atoms with Crippen LogP contribution in [0.1, 0.15) is 38.7 Å². The third-order valence-electron chi connectivity index (χ3n) is 4.74. The first-order chi connectivity index (χ1) is 14.9. The number of unbranched alkanes of at least 4 members (excludes halogenated alkanes) is 1. The van der Waals surface area contributed by atoms with Crippen molar-refractivity contribution >= 4 is 35.0 Å². The van der Waals surface area contributed by atoms with E-state index in [1.807, 2.05) is 13.8 Å². The monoisotopic (exact) mass is 468 g/mol. The van der Waals surface area contributed by atoms with Crippen LogP contribution in [-0.2, 0) is 16.1 Å². The molecule has 0 spiro atoms. The first-order valence-electron chi connectivity index (χ1n) is 10.3. The Hall–Kier alpha value is -2.31. The average Bonchev–Trinajstić information content (AvgIpc) is 2.75. The fourth-order valence-corrected chi connectivity index (χ4v) is 3.37. The van der Waals surface area contributed by atoms with Gasteiger partial charge in [-0.15, -0.1) is 0 Å². The van der Waals surface area contributed by atoms with Gasteiger partial charge in [0.05, 0.1) is 10.0 Å². The number of rotatable bonds is 11. The second-order valence-corrected chi connectivity index (χ2v) is 7.87. The summed E-state index contributed by atoms with van der Waals surface area (Å²) in [5.74, 6) is -1.26. The third kappa shape index (κ3) is 7.40. The maximum Gasteiger partial charge on any atom is 0.261 e. The van der Waals surface area contributed by atoms with Crippen molar-refractivity contribution in [2.24, 2.45) is 0 Å². The Kier molecular flexibility index (Phi) is 10.1. The van der Waals surface area contributed by atoms with Gasteiger partial charge in [0.25, 0.3) is 5.91 Å². The van der Waals surface area contributed by atoms with E-state index in [0.29, 0.717) is 28.6 Å². The molecule has 2 aromatic carbocycles. The minimum atomic E-state index is -0.706. The lowest BCUT2D eigenvalue weighted by Crippen LogP contribution is -2.50. The lowest BCUT2D eigenvalue weighted by molar-refractivity contribution is -0.143. The Balaban J connectivity index is 2.22. The van der Waals surface area contributed by atoms with Crippen molar-refractivity contribution in [1.82, 2.24) is 10.2 Å². The summed E-state index contributed by atoms with van der Waals surface area (Å²) in [6.45, 7) is 4.13. The van der Waals surface area contributed by atoms with Crippen molar-refractivity contribution in [3.63, 3.8) is 0 Å². The summed E-state index contributed by atoms with van der Waals surface area (Å²) in [5.41, 5.74) is 0.716. The van der Waals surface area contributed by atoms with Crippen LogP contribution < -0.4 is 10.1 Å². The van der Waals surface area contributed by atoms with E-state index in [9.17, 15) is 14.0 Å². The number of carbonyl (C=O) groups excluding carboxylic acids is 2. The van der Waals surface area contributed by atoms with Crippen molar-refractivity contribution in [2.45, 2.75) is 45.7 Å². The van der Waals surface area contributed by atoms with Crippen molar-refractivity contribution in [2.75, 3.05) is 13.2 Å². The Morgan fingerprint density at radius 1 is 1.13 bits per heavy atom. The largest absolute Gasteiger partial charge is 0.481 e. The van der Waals surface area contributed by atoms with Gasteiger partial charge in [-0.2, -0.15) is 0 Å². The summed E-state index contributed by atoms with van der Waals surface area (Å²) < 4.78 is 19.2. The van der Waals surface area contributed by atoms with Gasteiger partial charge in [0.15, 0.2) is 18.2 Å². The van der Waals surface area contributed by atoms with E-state index in [0.717, 1.165) is 12.8 Å². The smallest absolute Gasteiger partial charge is 0.261 e. The highest BCUT2D eigenvalue weighted by atomic mass is 35.5. The summed E-state index contributed by atoms with van der Waals surface area (Å²) in [5, 5.41) is 3.63. The highest BCUT2D eigenvalue weighted by Crippen LogP contribution is 2.24. The first-order valence-corrected chi connectivity index (χ1v) is 11.0. The maximum absolute atomic E-state index is 13.9. The highest BCUT2D eigenvalue weighted by Gasteiger charge is 2.29. The first kappa shape index (κ1) is 25.0. The number of para-hydroxylation sites is 1. The zero-order valence-electron chi connectivity index (χ0n) is 17.7. The molecule has 5 nitrogen and oxygen atoms in total. The SMILES string of the molecule is CCCCNC(=O)C(CC)N(Cc1ccc(Cl)c(Cl)c1)C(=O)COc1ccccc1F. The number of hydrogen-bond donors (Lipinski definition) is 1. The Labute approximate surface area is 192 Å². The minimum Gasteiger partial charge on any atom is -0.481 e. The van der Waals surface area contributed by atoms with Gasteiger partial charge in [-0.25, -0.2) is 4.39 Å². The second kappa shape index (κ2) is 12.5. The Bertz CT molecular complexity index is 895. The number of ether oxygens (including phenoxy) is 1. The maximum atomic E-state index is 13.9. The Morgan fingerprint density at radius 2 is 1.87 bits per heavy atom. The standard InChI is InChI=1S/C23H27Cl2FN2O3/c1-3-5-12-27-23(30)20(4-2)28(14-16-10-11-17(24)18(25)13-16)22(29)15-31-21-9-7-6-8-19(21)26/h6-11,13,20H,3-5,12,14-15H2,1-2H3,(H,27,30). The third-order valence-corrected chi connectivity index (χ3v) is 5.48. The van der Waals surface area contributed by atoms with E-state index in [-0.39, 0.29) is 18.2 Å². The molecular weight excluding hydrogens is 442 g/mol. The van der Waals surface area contributed by atoms with Crippen LogP contribution in [0.5, 0.6) is 5.75 Å². The van der Waals surface area contributed by atoms with E-state index in [4.69, 9.17) is 27.9 Å². The van der Waals surface area contributed by atoms with Crippen LogP contribution in [0, 0.1) is 5.82 Å². The molecule has 8 heteroatoms. The quantitative estimate of drug-likeness (QED) is 0.459. The van der Waals surface area contributed by atoms with Gasteiger partial charge in [0.1, 0.15) is 6.04 Å². The molecule has 168 valence electrons. The molecule has 0 radical (unpaired) electrons. The molecule has 0 aromatic heterocycles. The summed E-state index contributed by atoms with van der Waals surface area (Å²) in [6.07, 6.45) is 2.20. The summed E-state index contributed by atoms with van der Waals surface area (Å²) in [7, 11) is 0. The number of benzene rings is 2. The fraction of sp³-hybridized carbons (Fsp3) is 0.391. The molecule has 1 N–H and O–H groups in total. The van der Waals surface area contributed by atoms with Crippen LogP contribution in [0.25, 0.3) is 0 Å². The molecule has 0 aliphatic rings. The molecule has 0 fully saturated rings. The molecule has 0 aliphatic heterocycles. The van der Waals surface area contributed by atoms with Crippen LogP contribution in [0.15, 0.2) is 42.5 Å². The lowest BCUT2D eigenvalue weighted by atomic mass is 10.1. The van der Waals surface area contributed by atoms with Crippen molar-refractivity contribution in [1.29, 1.82) is 0 Å². The zero-order chi connectivity index (χ0) is 22.8. The number of hydrogen-bond acceptors (Lipinski definition) is 3. The molecule has 2 amide bonds. The number of nitrogens with zero attached hydrogens (tertiary/aromatic N) is 1. The van der Waals surface area contributed by atoms with Gasteiger partial charge in [-0.1, -0.05) is 61.7 Å². The summed E-state index contributed by atoms with van der Waals surface area (Å²) in [4.78, 5) is 27.3. The number of carbonyl (C=O) groups is 2. The molecule has 2 rings (SSSR count). The molecule has 0 saturated heterocycles. The van der Waals surface area contributed by atoms with Gasteiger partial charge in [0, 0.05) is 13.1 Å². The van der Waals surface area contributed by atoms with Crippen LogP contribution in [-0.4, -0.2) is 35.9 Å². The normalized spacial score (nSPS) is 11.6. The number of halogens is 3.